The molecule has 0 fully saturated rings. The van der Waals surface area contributed by atoms with Crippen LogP contribution in [0.4, 0.5) is 0 Å². The molecule has 0 aliphatic heterocycles. The molecule has 0 amide bonds. The first-order valence-electron chi connectivity index (χ1n) is 6.21. The lowest BCUT2D eigenvalue weighted by Crippen LogP contribution is -2.22. The van der Waals surface area contributed by atoms with Gasteiger partial charge in [-0.1, -0.05) is 6.92 Å². The molecule has 0 aliphatic carbocycles. The van der Waals surface area contributed by atoms with Gasteiger partial charge in [-0.15, -0.1) is 11.3 Å². The minimum atomic E-state index is -3.63. The van der Waals surface area contributed by atoms with Gasteiger partial charge in [-0.25, -0.2) is 18.1 Å². The summed E-state index contributed by atoms with van der Waals surface area (Å²) in [5.74, 6) is 0.579. The van der Waals surface area contributed by atoms with Gasteiger partial charge in [-0.05, 0) is 25.6 Å². The first-order valence-corrected chi connectivity index (χ1v) is 8.51. The first-order chi connectivity index (χ1) is 9.55. The third-order valence-electron chi connectivity index (χ3n) is 2.62. The van der Waals surface area contributed by atoms with Crippen molar-refractivity contribution >= 4 is 21.4 Å². The van der Waals surface area contributed by atoms with Crippen molar-refractivity contribution < 1.29 is 12.8 Å². The minimum Gasteiger partial charge on any atom is -0.447 e. The second-order valence-electron chi connectivity index (χ2n) is 4.15. The van der Waals surface area contributed by atoms with Crippen LogP contribution in [0.25, 0.3) is 0 Å². The van der Waals surface area contributed by atoms with Gasteiger partial charge in [0.2, 0.25) is 5.09 Å². The van der Waals surface area contributed by atoms with E-state index in [4.69, 9.17) is 4.42 Å². The van der Waals surface area contributed by atoms with E-state index in [9.17, 15) is 8.42 Å². The number of nitrogens with one attached hydrogen (secondary N) is 2. The third-order valence-corrected chi connectivity index (χ3v) is 5.03. The molecule has 2 N–H and O–H groups in total. The van der Waals surface area contributed by atoms with Crippen LogP contribution >= 0.6 is 11.3 Å². The number of sulfonamides is 1. The number of hydrogen-bond donors (Lipinski definition) is 2. The number of hydrogen-bond acceptors (Lipinski definition) is 6. The summed E-state index contributed by atoms with van der Waals surface area (Å²) in [5.41, 5.74) is 0. The van der Waals surface area contributed by atoms with Gasteiger partial charge in [-0.2, -0.15) is 0 Å². The van der Waals surface area contributed by atoms with Crippen LogP contribution < -0.4 is 10.0 Å². The Labute approximate surface area is 122 Å². The van der Waals surface area contributed by atoms with E-state index in [1.54, 1.807) is 19.3 Å². The molecule has 0 atom stereocenters. The van der Waals surface area contributed by atoms with Crippen LogP contribution in [-0.4, -0.2) is 20.4 Å². The van der Waals surface area contributed by atoms with Crippen molar-refractivity contribution in [3.63, 3.8) is 0 Å². The fourth-order valence-electron chi connectivity index (χ4n) is 1.59. The van der Waals surface area contributed by atoms with E-state index in [1.165, 1.54) is 17.4 Å². The fourth-order valence-corrected chi connectivity index (χ4v) is 3.42. The molecular formula is C12H17N3O3S2. The standard InChI is InChI=1S/C12H17N3O3S2/c1-3-10-7-14-11(19-10)8-15-20(16,17)12-5-4-9(18-12)6-13-2/h4-5,7,13,15H,3,6,8H2,1-2H3. The van der Waals surface area contributed by atoms with Gasteiger partial charge in [-0.3, -0.25) is 0 Å². The number of nitrogens with zero attached hydrogens (tertiary/aromatic N) is 1. The molecule has 2 rings (SSSR count). The van der Waals surface area contributed by atoms with Gasteiger partial charge in [0.05, 0.1) is 13.1 Å². The second-order valence-corrected chi connectivity index (χ2v) is 7.05. The van der Waals surface area contributed by atoms with Crippen molar-refractivity contribution in [3.05, 3.63) is 34.0 Å². The Bertz CT molecular complexity index is 661. The first kappa shape index (κ1) is 15.2. The lowest BCUT2D eigenvalue weighted by molar-refractivity contribution is 0.404. The van der Waals surface area contributed by atoms with Gasteiger partial charge in [0, 0.05) is 11.1 Å². The molecule has 0 saturated heterocycles. The van der Waals surface area contributed by atoms with Crippen LogP contribution in [0.3, 0.4) is 0 Å². The molecule has 110 valence electrons. The highest BCUT2D eigenvalue weighted by Gasteiger charge is 2.19. The molecule has 8 heteroatoms. The predicted molar refractivity (Wildman–Crippen MR) is 77.0 cm³/mol. The number of aryl methyl sites for hydroxylation is 1. The maximum Gasteiger partial charge on any atom is 0.274 e. The molecule has 6 nitrogen and oxygen atoms in total. The Morgan fingerprint density at radius 2 is 2.15 bits per heavy atom. The van der Waals surface area contributed by atoms with E-state index in [0.29, 0.717) is 12.3 Å². The molecule has 0 spiro atoms. The van der Waals surface area contributed by atoms with Gasteiger partial charge >= 0.3 is 0 Å². The summed E-state index contributed by atoms with van der Waals surface area (Å²) in [5, 5.41) is 3.57. The Kier molecular flexibility index (Phi) is 4.92. The monoisotopic (exact) mass is 315 g/mol. The van der Waals surface area contributed by atoms with E-state index in [1.807, 2.05) is 6.92 Å². The Morgan fingerprint density at radius 3 is 2.80 bits per heavy atom. The Morgan fingerprint density at radius 1 is 1.35 bits per heavy atom. The smallest absolute Gasteiger partial charge is 0.274 e. The Balaban J connectivity index is 2.02. The zero-order chi connectivity index (χ0) is 14.6. The van der Waals surface area contributed by atoms with Gasteiger partial charge in [0.1, 0.15) is 10.8 Å². The highest BCUT2D eigenvalue weighted by molar-refractivity contribution is 7.89. The molecule has 20 heavy (non-hydrogen) atoms. The zero-order valence-corrected chi connectivity index (χ0v) is 13.0. The van der Waals surface area contributed by atoms with E-state index in [2.05, 4.69) is 15.0 Å². The molecule has 2 heterocycles. The molecule has 0 bridgehead atoms. The fraction of sp³-hybridized carbons (Fsp3) is 0.417. The maximum atomic E-state index is 12.1. The van der Waals surface area contributed by atoms with Gasteiger partial charge < -0.3 is 9.73 Å². The van der Waals surface area contributed by atoms with Crippen LogP contribution in [-0.2, 0) is 29.5 Å². The molecular weight excluding hydrogens is 298 g/mol. The summed E-state index contributed by atoms with van der Waals surface area (Å²) in [6.45, 7) is 2.70. The van der Waals surface area contributed by atoms with Crippen molar-refractivity contribution in [2.24, 2.45) is 0 Å². The quantitative estimate of drug-likeness (QED) is 0.809. The van der Waals surface area contributed by atoms with Crippen LogP contribution in [0.5, 0.6) is 0 Å². The third kappa shape index (κ3) is 3.66. The summed E-state index contributed by atoms with van der Waals surface area (Å²) in [6, 6.07) is 3.10. The molecule has 0 unspecified atom stereocenters. The van der Waals surface area contributed by atoms with Crippen molar-refractivity contribution in [1.29, 1.82) is 0 Å². The summed E-state index contributed by atoms with van der Waals surface area (Å²) in [4.78, 5) is 5.30. The zero-order valence-electron chi connectivity index (χ0n) is 11.3. The van der Waals surface area contributed by atoms with Crippen molar-refractivity contribution in [1.82, 2.24) is 15.0 Å². The van der Waals surface area contributed by atoms with Gasteiger partial charge in [0.25, 0.3) is 10.0 Å². The van der Waals surface area contributed by atoms with Crippen LogP contribution in [0, 0.1) is 0 Å². The Hall–Kier alpha value is -1.22. The largest absolute Gasteiger partial charge is 0.447 e. The van der Waals surface area contributed by atoms with Crippen LogP contribution in [0.15, 0.2) is 27.8 Å². The second kappa shape index (κ2) is 6.49. The molecule has 0 aromatic carbocycles. The lowest BCUT2D eigenvalue weighted by atomic mass is 10.4. The predicted octanol–water partition coefficient (Wildman–Crippen LogP) is 1.50. The summed E-state index contributed by atoms with van der Waals surface area (Å²) >= 11 is 1.50. The van der Waals surface area contributed by atoms with E-state index < -0.39 is 10.0 Å². The average Bonchev–Trinajstić information content (AvgIpc) is 3.06. The molecule has 0 aliphatic rings. The van der Waals surface area contributed by atoms with Crippen LogP contribution in [0.2, 0.25) is 0 Å². The van der Waals surface area contributed by atoms with E-state index in [0.717, 1.165) is 16.3 Å². The van der Waals surface area contributed by atoms with Crippen molar-refractivity contribution in [3.8, 4) is 0 Å². The number of thiazole rings is 1. The maximum absolute atomic E-state index is 12.1. The van der Waals surface area contributed by atoms with E-state index in [-0.39, 0.29) is 11.6 Å². The SMILES string of the molecule is CCc1cnc(CNS(=O)(=O)c2ccc(CNC)o2)s1. The topological polar surface area (TPSA) is 84.2 Å². The van der Waals surface area contributed by atoms with E-state index >= 15 is 0 Å². The van der Waals surface area contributed by atoms with Crippen LogP contribution in [0.1, 0.15) is 22.6 Å². The average molecular weight is 315 g/mol. The summed E-state index contributed by atoms with van der Waals surface area (Å²) < 4.78 is 31.9. The molecule has 2 aromatic rings. The van der Waals surface area contributed by atoms with Gasteiger partial charge in [0.15, 0.2) is 0 Å². The number of rotatable bonds is 7. The summed E-state index contributed by atoms with van der Waals surface area (Å²) in [7, 11) is -1.86. The molecule has 0 radical (unpaired) electrons. The van der Waals surface area contributed by atoms with Crippen molar-refractivity contribution in [2.45, 2.75) is 31.5 Å². The molecule has 2 aromatic heterocycles. The molecule has 0 saturated carbocycles. The van der Waals surface area contributed by atoms with Crippen molar-refractivity contribution in [2.75, 3.05) is 7.05 Å². The normalized spacial score (nSPS) is 11.9. The highest BCUT2D eigenvalue weighted by Crippen LogP contribution is 2.16. The number of aromatic nitrogens is 1. The summed E-state index contributed by atoms with van der Waals surface area (Å²) in [6.07, 6.45) is 2.67. The highest BCUT2D eigenvalue weighted by atomic mass is 32.2. The number of furan rings is 1. The minimum absolute atomic E-state index is 0.0741. The lowest BCUT2D eigenvalue weighted by Gasteiger charge is -2.01.